The number of hydrazine groups is 1. The molecule has 4 amide bonds. The summed E-state index contributed by atoms with van der Waals surface area (Å²) < 4.78 is 19.6. The van der Waals surface area contributed by atoms with Crippen LogP contribution < -0.4 is 10.7 Å². The number of ether oxygens (including phenoxy) is 3. The van der Waals surface area contributed by atoms with Crippen molar-refractivity contribution in [2.24, 2.45) is 17.3 Å². The summed E-state index contributed by atoms with van der Waals surface area (Å²) in [6.07, 6.45) is 4.29. The molecule has 6 bridgehead atoms. The average molecular weight is 942 g/mol. The highest BCUT2D eigenvalue weighted by atomic mass is 16.5. The number of esters is 1. The number of aryl methyl sites for hydroxylation is 1. The first kappa shape index (κ1) is 49.3. The molecule has 2 N–H and O–H groups in total. The fourth-order valence-corrected chi connectivity index (χ4v) is 10.3. The van der Waals surface area contributed by atoms with Crippen molar-refractivity contribution in [3.63, 3.8) is 0 Å². The molecule has 3 saturated heterocycles. The second-order valence-corrected chi connectivity index (χ2v) is 20.1. The summed E-state index contributed by atoms with van der Waals surface area (Å²) in [6, 6.07) is 15.8. The fraction of sp³-hybridized carbons (Fsp3) is 0.519. The maximum absolute atomic E-state index is 14.8. The molecule has 3 fully saturated rings. The number of nitrogens with one attached hydrogen (secondary N) is 2. The van der Waals surface area contributed by atoms with E-state index < -0.39 is 47.2 Å². The number of methoxy groups -OCH3 is 1. The van der Waals surface area contributed by atoms with Gasteiger partial charge in [0.05, 0.1) is 36.6 Å². The lowest BCUT2D eigenvalue weighted by atomic mass is 9.84. The molecule has 2 aromatic heterocycles. The maximum Gasteiger partial charge on any atom is 0.324 e. The van der Waals surface area contributed by atoms with Gasteiger partial charge in [-0.2, -0.15) is 0 Å². The van der Waals surface area contributed by atoms with Crippen LogP contribution in [0.1, 0.15) is 90.2 Å². The molecule has 0 aliphatic carbocycles. The number of benzene rings is 2. The van der Waals surface area contributed by atoms with Crippen molar-refractivity contribution in [1.29, 1.82) is 0 Å². The highest BCUT2D eigenvalue weighted by Gasteiger charge is 2.40. The van der Waals surface area contributed by atoms with E-state index in [1.165, 1.54) is 9.91 Å². The number of amides is 4. The van der Waals surface area contributed by atoms with Crippen molar-refractivity contribution in [3.05, 3.63) is 77.6 Å². The van der Waals surface area contributed by atoms with Gasteiger partial charge in [-0.05, 0) is 97.9 Å². The number of pyridine rings is 1. The predicted octanol–water partition coefficient (Wildman–Crippen LogP) is 5.87. The van der Waals surface area contributed by atoms with Gasteiger partial charge in [0, 0.05) is 81.3 Å². The molecule has 2 aromatic carbocycles. The molecule has 15 nitrogen and oxygen atoms in total. The number of hydrogen-bond acceptors (Lipinski definition) is 10. The molecule has 69 heavy (non-hydrogen) atoms. The van der Waals surface area contributed by atoms with E-state index in [9.17, 15) is 24.0 Å². The zero-order chi connectivity index (χ0) is 49.1. The van der Waals surface area contributed by atoms with Gasteiger partial charge in [-0.25, -0.2) is 5.43 Å². The van der Waals surface area contributed by atoms with Crippen LogP contribution in [0, 0.1) is 29.1 Å². The first-order valence-electron chi connectivity index (χ1n) is 24.5. The number of cyclic esters (lactones) is 1. The van der Waals surface area contributed by atoms with E-state index in [1.807, 2.05) is 39.0 Å². The Morgan fingerprint density at radius 2 is 1.81 bits per heavy atom. The van der Waals surface area contributed by atoms with Gasteiger partial charge in [-0.1, -0.05) is 63.9 Å². The van der Waals surface area contributed by atoms with Crippen molar-refractivity contribution in [3.8, 4) is 34.2 Å². The molecule has 0 saturated carbocycles. The molecular weight excluding hydrogens is 875 g/mol. The number of likely N-dealkylation sites (N-methyl/N-ethyl adjacent to an activating group) is 1. The van der Waals surface area contributed by atoms with Crippen molar-refractivity contribution in [2.45, 2.75) is 117 Å². The van der Waals surface area contributed by atoms with Gasteiger partial charge in [0.2, 0.25) is 11.8 Å². The number of carbonyl (C=O) groups excluding carboxylic acids is 5. The van der Waals surface area contributed by atoms with Crippen molar-refractivity contribution in [2.75, 3.05) is 47.0 Å². The first-order valence-corrected chi connectivity index (χ1v) is 24.5. The summed E-state index contributed by atoms with van der Waals surface area (Å²) in [7, 11) is 3.30. The summed E-state index contributed by atoms with van der Waals surface area (Å²) in [5, 5.41) is 5.58. The molecule has 0 radical (unpaired) electrons. The average Bonchev–Trinajstić information content (AvgIpc) is 3.94. The predicted molar refractivity (Wildman–Crippen MR) is 262 cm³/mol. The lowest BCUT2D eigenvalue weighted by Gasteiger charge is -2.37. The van der Waals surface area contributed by atoms with Gasteiger partial charge in [0.15, 0.2) is 0 Å². The summed E-state index contributed by atoms with van der Waals surface area (Å²) in [5.74, 6) is 2.75. The van der Waals surface area contributed by atoms with Gasteiger partial charge in [0.25, 0.3) is 11.8 Å². The van der Waals surface area contributed by atoms with Crippen LogP contribution in [0.25, 0.3) is 33.3 Å². The molecule has 6 atom stereocenters. The lowest BCUT2D eigenvalue weighted by molar-refractivity contribution is -0.155. The second kappa shape index (κ2) is 20.9. The van der Waals surface area contributed by atoms with E-state index in [2.05, 4.69) is 84.3 Å². The number of fused-ring (bicyclic) bond motifs is 6. The van der Waals surface area contributed by atoms with Crippen LogP contribution in [-0.4, -0.2) is 125 Å². The van der Waals surface area contributed by atoms with Gasteiger partial charge >= 0.3 is 5.97 Å². The standard InChI is InChI=1S/C54H67N7O8/c1-9-60-45-19-17-37-29-41(45)42(49(60)40-15-11-23-55-47(40)34(4)67-8)30-54(5,6)32-69-53(66)43-16-12-24-61(57-43)52(65)44(28-35-13-10-14-36(37)27-35)56-50(63)48(33(2)3)58(7)51(64)38-21-25-59(31-38)46(62)20-18-39-22-26-68-39/h10-11,13-15,17,19,23,27,29,33-34,38-39,43-44,48,57H,9,12,16,21-22,24-26,28,30-32H2,1-8H3,(H,56,63)/t34-,38-,39+,43-,44-,48-/m0/s1. The molecule has 0 unspecified atom stereocenters. The Morgan fingerprint density at radius 1 is 1.03 bits per heavy atom. The zero-order valence-corrected chi connectivity index (χ0v) is 41.3. The van der Waals surface area contributed by atoms with Crippen LogP contribution in [-0.2, 0) is 57.6 Å². The normalized spacial score (nSPS) is 22.4. The molecule has 0 spiro atoms. The van der Waals surface area contributed by atoms with Crippen molar-refractivity contribution >= 4 is 40.5 Å². The van der Waals surface area contributed by atoms with Gasteiger partial charge in [-0.3, -0.25) is 34.0 Å². The minimum Gasteiger partial charge on any atom is -0.464 e. The number of nitrogens with zero attached hydrogens (tertiary/aromatic N) is 5. The third kappa shape index (κ3) is 10.6. The highest BCUT2D eigenvalue weighted by molar-refractivity contribution is 5.97. The smallest absolute Gasteiger partial charge is 0.324 e. The first-order chi connectivity index (χ1) is 33.1. The summed E-state index contributed by atoms with van der Waals surface area (Å²) >= 11 is 0. The monoisotopic (exact) mass is 942 g/mol. The van der Waals surface area contributed by atoms with Crippen LogP contribution in [0.5, 0.6) is 0 Å². The van der Waals surface area contributed by atoms with Crippen molar-refractivity contribution < 1.29 is 38.2 Å². The SMILES string of the molecule is CCn1c(-c2cccnc2[C@H](C)OC)c2c3cc(ccc31)-c1cccc(c1)C[C@H](NC(=O)[C@H](C(C)C)N(C)C(=O)[C@H]1CCN(C(=O)C#C[C@@H]3CCO3)C1)C(=O)N1CCC[C@H](N1)C(=O)OCC(C)(C)C2. The van der Waals surface area contributed by atoms with Crippen LogP contribution in [0.2, 0.25) is 0 Å². The van der Waals surface area contributed by atoms with E-state index in [0.29, 0.717) is 51.9 Å². The maximum atomic E-state index is 14.8. The lowest BCUT2D eigenvalue weighted by Crippen LogP contribution is -2.62. The molecule has 8 rings (SSSR count). The third-order valence-electron chi connectivity index (χ3n) is 14.2. The van der Waals surface area contributed by atoms with E-state index >= 15 is 0 Å². The Labute approximate surface area is 405 Å². The summed E-state index contributed by atoms with van der Waals surface area (Å²) in [5.41, 5.74) is 10.4. The Kier molecular flexibility index (Phi) is 14.9. The van der Waals surface area contributed by atoms with Crippen LogP contribution in [0.15, 0.2) is 60.8 Å². The molecule has 366 valence electrons. The molecule has 4 aliphatic rings. The van der Waals surface area contributed by atoms with E-state index in [0.717, 1.165) is 56.5 Å². The molecule has 4 aromatic rings. The Bertz CT molecular complexity index is 2660. The number of carbonyl (C=O) groups is 5. The summed E-state index contributed by atoms with van der Waals surface area (Å²) in [6.45, 7) is 14.5. The quantitative estimate of drug-likeness (QED) is 0.153. The molecule has 15 heteroatoms. The number of likely N-dealkylation sites (tertiary alicyclic amines) is 1. The topological polar surface area (TPSA) is 165 Å². The Hall–Kier alpha value is -6.08. The molecule has 6 heterocycles. The number of hydrogen-bond donors (Lipinski definition) is 2. The van der Waals surface area contributed by atoms with Gasteiger partial charge in [0.1, 0.15) is 24.2 Å². The molecular formula is C54H67N7O8. The van der Waals surface area contributed by atoms with Crippen LogP contribution in [0.4, 0.5) is 0 Å². The van der Waals surface area contributed by atoms with E-state index in [-0.39, 0.29) is 49.5 Å². The van der Waals surface area contributed by atoms with Crippen LogP contribution in [0.3, 0.4) is 0 Å². The largest absolute Gasteiger partial charge is 0.464 e. The van der Waals surface area contributed by atoms with Gasteiger partial charge in [-0.15, -0.1) is 0 Å². The Morgan fingerprint density at radius 3 is 2.54 bits per heavy atom. The van der Waals surface area contributed by atoms with Crippen molar-refractivity contribution in [1.82, 2.24) is 35.1 Å². The minimum atomic E-state index is -1.06. The zero-order valence-electron chi connectivity index (χ0n) is 41.3. The fourth-order valence-electron chi connectivity index (χ4n) is 10.3. The van der Waals surface area contributed by atoms with E-state index in [4.69, 9.17) is 19.2 Å². The highest BCUT2D eigenvalue weighted by Crippen LogP contribution is 2.42. The van der Waals surface area contributed by atoms with Gasteiger partial charge < -0.3 is 33.9 Å². The minimum absolute atomic E-state index is 0.132. The van der Waals surface area contributed by atoms with E-state index in [1.54, 1.807) is 25.3 Å². The third-order valence-corrected chi connectivity index (χ3v) is 14.2. The Balaban J connectivity index is 1.13. The number of aromatic nitrogens is 2. The second-order valence-electron chi connectivity index (χ2n) is 20.1. The van der Waals surface area contributed by atoms with Crippen LogP contribution >= 0.6 is 0 Å². The molecule has 4 aliphatic heterocycles. The summed E-state index contributed by atoms with van der Waals surface area (Å²) in [4.78, 5) is 78.2. The number of rotatable bonds is 9.